The molecule has 1 aliphatic rings. The molecule has 1 saturated heterocycles. The van der Waals surface area contributed by atoms with E-state index < -0.39 is 0 Å². The van der Waals surface area contributed by atoms with Gasteiger partial charge in [0.1, 0.15) is 11.3 Å². The van der Waals surface area contributed by atoms with Crippen LogP contribution >= 0.6 is 0 Å². The van der Waals surface area contributed by atoms with Gasteiger partial charge in [-0.3, -0.25) is 9.69 Å². The molecular weight excluding hydrogens is 320 g/mol. The van der Waals surface area contributed by atoms with Crippen molar-refractivity contribution in [2.75, 3.05) is 38.2 Å². The lowest BCUT2D eigenvalue weighted by Gasteiger charge is -2.35. The number of carbonyl (C=O) groups is 2. The molecule has 2 heterocycles. The molecule has 132 valence electrons. The van der Waals surface area contributed by atoms with Crippen molar-refractivity contribution in [2.24, 2.45) is 0 Å². The molecular formula is C19H22N2O4. The fraction of sp³-hybridized carbons (Fsp3) is 0.368. The van der Waals surface area contributed by atoms with Crippen LogP contribution in [0.5, 0.6) is 0 Å². The maximum atomic E-state index is 11.7. The summed E-state index contributed by atoms with van der Waals surface area (Å²) in [4.78, 5) is 27.6. The van der Waals surface area contributed by atoms with E-state index in [2.05, 4.69) is 9.80 Å². The Balaban J connectivity index is 1.58. The van der Waals surface area contributed by atoms with E-state index >= 15 is 0 Å². The second kappa shape index (κ2) is 7.53. The summed E-state index contributed by atoms with van der Waals surface area (Å²) in [5, 5.41) is 0. The maximum absolute atomic E-state index is 11.7. The molecule has 0 radical (unpaired) electrons. The zero-order valence-corrected chi connectivity index (χ0v) is 14.5. The second-order valence-electron chi connectivity index (χ2n) is 6.12. The van der Waals surface area contributed by atoms with Crippen LogP contribution < -0.4 is 4.90 Å². The van der Waals surface area contributed by atoms with Crippen LogP contribution in [0.1, 0.15) is 33.4 Å². The Morgan fingerprint density at radius 2 is 1.76 bits per heavy atom. The molecule has 0 N–H and O–H groups in total. The number of rotatable bonds is 5. The van der Waals surface area contributed by atoms with Gasteiger partial charge in [-0.1, -0.05) is 0 Å². The molecule has 1 fully saturated rings. The van der Waals surface area contributed by atoms with Crippen LogP contribution in [-0.2, 0) is 11.3 Å². The topological polar surface area (TPSA) is 63.0 Å². The molecule has 0 spiro atoms. The number of ether oxygens (including phenoxy) is 1. The number of hydrogen-bond acceptors (Lipinski definition) is 6. The zero-order valence-electron chi connectivity index (χ0n) is 14.5. The molecule has 1 aliphatic heterocycles. The van der Waals surface area contributed by atoms with Crippen LogP contribution in [0.4, 0.5) is 5.69 Å². The normalized spacial score (nSPS) is 15.2. The van der Waals surface area contributed by atoms with Gasteiger partial charge in [-0.25, -0.2) is 4.79 Å². The first kappa shape index (κ1) is 17.2. The number of piperazine rings is 1. The minimum absolute atomic E-state index is 0.0798. The summed E-state index contributed by atoms with van der Waals surface area (Å²) >= 11 is 0. The summed E-state index contributed by atoms with van der Waals surface area (Å²) < 4.78 is 10.2. The van der Waals surface area contributed by atoms with Crippen molar-refractivity contribution >= 4 is 17.4 Å². The highest BCUT2D eigenvalue weighted by molar-refractivity contribution is 5.94. The van der Waals surface area contributed by atoms with E-state index in [1.165, 1.54) is 13.4 Å². The van der Waals surface area contributed by atoms with Crippen molar-refractivity contribution in [3.63, 3.8) is 0 Å². The van der Waals surface area contributed by atoms with E-state index in [0.29, 0.717) is 17.9 Å². The number of Topliss-reactive ketones (excluding diaryl/α,β-unsaturated/α-hetero) is 1. The minimum Gasteiger partial charge on any atom is -0.467 e. The number of ketones is 1. The highest BCUT2D eigenvalue weighted by Crippen LogP contribution is 2.20. The summed E-state index contributed by atoms with van der Waals surface area (Å²) in [6, 6.07) is 9.38. The van der Waals surface area contributed by atoms with Crippen molar-refractivity contribution < 1.29 is 18.7 Å². The van der Waals surface area contributed by atoms with Gasteiger partial charge in [0.25, 0.3) is 0 Å². The molecule has 25 heavy (non-hydrogen) atoms. The van der Waals surface area contributed by atoms with Gasteiger partial charge in [-0.15, -0.1) is 0 Å². The third kappa shape index (κ3) is 3.91. The van der Waals surface area contributed by atoms with Crippen LogP contribution in [-0.4, -0.2) is 49.9 Å². The van der Waals surface area contributed by atoms with E-state index in [1.54, 1.807) is 13.0 Å². The Kier molecular flexibility index (Phi) is 5.19. The molecule has 0 bridgehead atoms. The summed E-state index contributed by atoms with van der Waals surface area (Å²) in [5.41, 5.74) is 2.35. The predicted octanol–water partition coefficient (Wildman–Crippen LogP) is 2.59. The predicted molar refractivity (Wildman–Crippen MR) is 94.0 cm³/mol. The number of methoxy groups -OCH3 is 1. The SMILES string of the molecule is COC(=O)c1ccoc1CN1CCN(c2ccc(C(C)=O)cc2)CC1. The average molecular weight is 342 g/mol. The molecule has 6 heteroatoms. The standard InChI is InChI=1S/C19H22N2O4/c1-14(22)15-3-5-16(6-4-15)21-10-8-20(9-11-21)13-18-17(7-12-25-18)19(23)24-2/h3-7,12H,8-11,13H2,1-2H3. The second-order valence-corrected chi connectivity index (χ2v) is 6.12. The molecule has 3 rings (SSSR count). The van der Waals surface area contributed by atoms with E-state index in [4.69, 9.17) is 9.15 Å². The van der Waals surface area contributed by atoms with Crippen LogP contribution in [0.15, 0.2) is 41.0 Å². The van der Waals surface area contributed by atoms with Gasteiger partial charge in [-0.2, -0.15) is 0 Å². The van der Waals surface area contributed by atoms with Gasteiger partial charge < -0.3 is 14.1 Å². The zero-order chi connectivity index (χ0) is 17.8. The molecule has 1 aromatic carbocycles. The summed E-state index contributed by atoms with van der Waals surface area (Å²) in [6.45, 7) is 5.67. The van der Waals surface area contributed by atoms with Gasteiger partial charge in [0, 0.05) is 37.4 Å². The lowest BCUT2D eigenvalue weighted by atomic mass is 10.1. The first-order chi connectivity index (χ1) is 12.1. The molecule has 0 unspecified atom stereocenters. The molecule has 0 aliphatic carbocycles. The first-order valence-electron chi connectivity index (χ1n) is 8.31. The Hall–Kier alpha value is -2.60. The van der Waals surface area contributed by atoms with Crippen molar-refractivity contribution in [3.8, 4) is 0 Å². The van der Waals surface area contributed by atoms with Crippen molar-refractivity contribution in [1.29, 1.82) is 0 Å². The number of nitrogens with zero attached hydrogens (tertiary/aromatic N) is 2. The van der Waals surface area contributed by atoms with Crippen LogP contribution in [0, 0.1) is 0 Å². The monoisotopic (exact) mass is 342 g/mol. The maximum Gasteiger partial charge on any atom is 0.341 e. The molecule has 2 aromatic rings. The number of furan rings is 1. The van der Waals surface area contributed by atoms with Gasteiger partial charge in [0.05, 0.1) is 19.9 Å². The third-order valence-electron chi connectivity index (χ3n) is 4.53. The smallest absolute Gasteiger partial charge is 0.341 e. The van der Waals surface area contributed by atoms with Gasteiger partial charge in [0.2, 0.25) is 0 Å². The van der Waals surface area contributed by atoms with Gasteiger partial charge in [0.15, 0.2) is 5.78 Å². The van der Waals surface area contributed by atoms with Gasteiger partial charge >= 0.3 is 5.97 Å². The third-order valence-corrected chi connectivity index (χ3v) is 4.53. The number of benzene rings is 1. The Labute approximate surface area is 147 Å². The van der Waals surface area contributed by atoms with E-state index in [9.17, 15) is 9.59 Å². The summed E-state index contributed by atoms with van der Waals surface area (Å²) in [5.74, 6) is 0.357. The Morgan fingerprint density at radius 1 is 1.08 bits per heavy atom. The number of hydrogen-bond donors (Lipinski definition) is 0. The average Bonchev–Trinajstić information content (AvgIpc) is 3.10. The lowest BCUT2D eigenvalue weighted by Crippen LogP contribution is -2.46. The molecule has 1 aromatic heterocycles. The number of esters is 1. The Morgan fingerprint density at radius 3 is 2.36 bits per heavy atom. The van der Waals surface area contributed by atoms with Crippen LogP contribution in [0.3, 0.4) is 0 Å². The quantitative estimate of drug-likeness (QED) is 0.615. The van der Waals surface area contributed by atoms with Crippen LogP contribution in [0.25, 0.3) is 0 Å². The highest BCUT2D eigenvalue weighted by atomic mass is 16.5. The van der Waals surface area contributed by atoms with Gasteiger partial charge in [-0.05, 0) is 37.3 Å². The Bertz CT molecular complexity index is 743. The molecule has 0 amide bonds. The molecule has 0 atom stereocenters. The largest absolute Gasteiger partial charge is 0.467 e. The molecule has 0 saturated carbocycles. The number of carbonyl (C=O) groups excluding carboxylic acids is 2. The van der Waals surface area contributed by atoms with E-state index in [0.717, 1.165) is 37.4 Å². The summed E-state index contributed by atoms with van der Waals surface area (Å²) in [6.07, 6.45) is 1.52. The van der Waals surface area contributed by atoms with E-state index in [-0.39, 0.29) is 11.8 Å². The first-order valence-corrected chi connectivity index (χ1v) is 8.31. The fourth-order valence-electron chi connectivity index (χ4n) is 3.03. The molecule has 6 nitrogen and oxygen atoms in total. The number of anilines is 1. The minimum atomic E-state index is -0.368. The lowest BCUT2D eigenvalue weighted by molar-refractivity contribution is 0.0596. The van der Waals surface area contributed by atoms with Crippen molar-refractivity contribution in [2.45, 2.75) is 13.5 Å². The van der Waals surface area contributed by atoms with Crippen molar-refractivity contribution in [3.05, 3.63) is 53.5 Å². The highest BCUT2D eigenvalue weighted by Gasteiger charge is 2.22. The fourth-order valence-corrected chi connectivity index (χ4v) is 3.03. The van der Waals surface area contributed by atoms with Crippen molar-refractivity contribution in [1.82, 2.24) is 4.90 Å². The van der Waals surface area contributed by atoms with Crippen LogP contribution in [0.2, 0.25) is 0 Å². The summed E-state index contributed by atoms with van der Waals surface area (Å²) in [7, 11) is 1.37. The van der Waals surface area contributed by atoms with E-state index in [1.807, 2.05) is 24.3 Å².